The van der Waals surface area contributed by atoms with Crippen molar-refractivity contribution in [2.45, 2.75) is 70.5 Å². The monoisotopic (exact) mass is 588 g/mol. The van der Waals surface area contributed by atoms with E-state index in [4.69, 9.17) is 59.3 Å². The van der Waals surface area contributed by atoms with Gasteiger partial charge in [-0.05, 0) is 46.7 Å². The predicted molar refractivity (Wildman–Crippen MR) is 144 cm³/mol. The lowest BCUT2D eigenvalue weighted by atomic mass is 10.1. The molecule has 0 saturated heterocycles. The SMILES string of the molecule is CC(C)(N)C(=O)O.CC(CN)C(=O)O.CNCC(=O)O.NC(CCCCC(=O)O)C(=O)O.NCCC(N)C(=O)O. The van der Waals surface area contributed by atoms with E-state index < -0.39 is 59.4 Å². The number of rotatable bonds is 14. The molecule has 40 heavy (non-hydrogen) atoms. The Labute approximate surface area is 232 Å². The molecule has 0 spiro atoms. The van der Waals surface area contributed by atoms with E-state index in [1.54, 1.807) is 14.0 Å². The van der Waals surface area contributed by atoms with Crippen LogP contribution in [0.2, 0.25) is 0 Å². The molecule has 0 heterocycles. The number of aliphatic carboxylic acids is 6. The largest absolute Gasteiger partial charge is 0.481 e. The first kappa shape index (κ1) is 46.4. The van der Waals surface area contributed by atoms with Crippen LogP contribution in [-0.4, -0.2) is 111 Å². The van der Waals surface area contributed by atoms with Gasteiger partial charge in [-0.3, -0.25) is 28.8 Å². The van der Waals surface area contributed by atoms with E-state index in [1.807, 2.05) is 0 Å². The lowest BCUT2D eigenvalue weighted by Crippen LogP contribution is -2.41. The molecule has 3 atom stereocenters. The molecule has 0 fully saturated rings. The van der Waals surface area contributed by atoms with Crippen molar-refractivity contribution < 1.29 is 59.4 Å². The van der Waals surface area contributed by atoms with Crippen molar-refractivity contribution in [3.05, 3.63) is 0 Å². The van der Waals surface area contributed by atoms with Gasteiger partial charge >= 0.3 is 35.8 Å². The van der Waals surface area contributed by atoms with Crippen LogP contribution >= 0.6 is 0 Å². The van der Waals surface area contributed by atoms with Gasteiger partial charge in [0.2, 0.25) is 0 Å². The summed E-state index contributed by atoms with van der Waals surface area (Å²) in [5, 5.41) is 51.3. The van der Waals surface area contributed by atoms with Crippen LogP contribution in [0.3, 0.4) is 0 Å². The Hall–Kier alpha value is -3.42. The maximum atomic E-state index is 10.2. The van der Waals surface area contributed by atoms with Gasteiger partial charge in [0.15, 0.2) is 0 Å². The molecular formula is C22H48N6O12. The van der Waals surface area contributed by atoms with Crippen molar-refractivity contribution in [2.75, 3.05) is 26.7 Å². The number of nitrogens with one attached hydrogen (secondary N) is 1. The van der Waals surface area contributed by atoms with Crippen LogP contribution < -0.4 is 34.0 Å². The van der Waals surface area contributed by atoms with Gasteiger partial charge in [-0.2, -0.15) is 0 Å². The Morgan fingerprint density at radius 2 is 1.15 bits per heavy atom. The third kappa shape index (κ3) is 44.6. The summed E-state index contributed by atoms with van der Waals surface area (Å²) >= 11 is 0. The predicted octanol–water partition coefficient (Wildman–Crippen LogP) is -2.45. The van der Waals surface area contributed by atoms with E-state index in [-0.39, 0.29) is 19.5 Å². The number of hydrogen-bond acceptors (Lipinski definition) is 12. The molecular weight excluding hydrogens is 540 g/mol. The maximum Gasteiger partial charge on any atom is 0.323 e. The zero-order chi connectivity index (χ0) is 33.1. The number of carboxylic acids is 6. The Bertz CT molecular complexity index is 732. The molecule has 0 bridgehead atoms. The minimum Gasteiger partial charge on any atom is -0.481 e. The normalized spacial score (nSPS) is 11.9. The molecule has 17 N–H and O–H groups in total. The van der Waals surface area contributed by atoms with Crippen LogP contribution in [0, 0.1) is 5.92 Å². The number of carbonyl (C=O) groups is 6. The fourth-order valence-electron chi connectivity index (χ4n) is 1.32. The maximum absolute atomic E-state index is 10.2. The van der Waals surface area contributed by atoms with E-state index in [0.717, 1.165) is 0 Å². The summed E-state index contributed by atoms with van der Waals surface area (Å²) in [4.78, 5) is 59.4. The first-order valence-electron chi connectivity index (χ1n) is 11.8. The molecule has 0 aromatic rings. The molecule has 0 aliphatic carbocycles. The highest BCUT2D eigenvalue weighted by Gasteiger charge is 2.19. The van der Waals surface area contributed by atoms with E-state index in [1.165, 1.54) is 13.8 Å². The Kier molecular flexibility index (Phi) is 33.2. The fourth-order valence-corrected chi connectivity index (χ4v) is 1.32. The molecule has 0 radical (unpaired) electrons. The zero-order valence-corrected chi connectivity index (χ0v) is 23.4. The van der Waals surface area contributed by atoms with E-state index in [2.05, 4.69) is 5.32 Å². The van der Waals surface area contributed by atoms with Crippen LogP contribution in [0.25, 0.3) is 0 Å². The van der Waals surface area contributed by atoms with Gasteiger partial charge in [0, 0.05) is 13.0 Å². The van der Waals surface area contributed by atoms with Crippen molar-refractivity contribution in [2.24, 2.45) is 34.6 Å². The lowest BCUT2D eigenvalue weighted by Gasteiger charge is -2.09. The van der Waals surface area contributed by atoms with Gasteiger partial charge in [-0.1, -0.05) is 13.3 Å². The van der Waals surface area contributed by atoms with Crippen molar-refractivity contribution in [1.29, 1.82) is 0 Å². The summed E-state index contributed by atoms with van der Waals surface area (Å²) in [5.74, 6) is -5.92. The van der Waals surface area contributed by atoms with Crippen LogP contribution in [-0.2, 0) is 28.8 Å². The molecule has 18 nitrogen and oxygen atoms in total. The number of likely N-dealkylation sites (N-methyl/N-ethyl adjacent to an activating group) is 1. The highest BCUT2D eigenvalue weighted by atomic mass is 16.4. The van der Waals surface area contributed by atoms with E-state index in [0.29, 0.717) is 32.2 Å². The second-order valence-corrected chi connectivity index (χ2v) is 8.53. The summed E-state index contributed by atoms with van der Waals surface area (Å²) in [6.07, 6.45) is 1.78. The summed E-state index contributed by atoms with van der Waals surface area (Å²) in [6, 6.07) is -1.65. The Morgan fingerprint density at radius 1 is 0.750 bits per heavy atom. The average molecular weight is 589 g/mol. The molecule has 18 heteroatoms. The smallest absolute Gasteiger partial charge is 0.323 e. The summed E-state index contributed by atoms with van der Waals surface area (Å²) < 4.78 is 0. The molecule has 238 valence electrons. The van der Waals surface area contributed by atoms with Gasteiger partial charge in [-0.25, -0.2) is 0 Å². The molecule has 0 saturated carbocycles. The van der Waals surface area contributed by atoms with E-state index >= 15 is 0 Å². The average Bonchev–Trinajstić information content (AvgIpc) is 2.81. The number of unbranched alkanes of at least 4 members (excludes halogenated alkanes) is 1. The highest BCUT2D eigenvalue weighted by molar-refractivity contribution is 5.77. The molecule has 0 amide bonds. The third-order valence-electron chi connectivity index (χ3n) is 3.92. The van der Waals surface area contributed by atoms with Crippen LogP contribution in [0.5, 0.6) is 0 Å². The molecule has 0 aliphatic rings. The zero-order valence-electron chi connectivity index (χ0n) is 23.4. The van der Waals surface area contributed by atoms with E-state index in [9.17, 15) is 28.8 Å². The van der Waals surface area contributed by atoms with Crippen molar-refractivity contribution in [1.82, 2.24) is 5.32 Å². The second kappa shape index (κ2) is 28.6. The highest BCUT2D eigenvalue weighted by Crippen LogP contribution is 2.02. The summed E-state index contributed by atoms with van der Waals surface area (Å²) in [6.45, 7) is 5.04. The molecule has 0 aromatic heterocycles. The first-order valence-corrected chi connectivity index (χ1v) is 11.8. The third-order valence-corrected chi connectivity index (χ3v) is 3.92. The molecule has 3 unspecified atom stereocenters. The van der Waals surface area contributed by atoms with Gasteiger partial charge in [-0.15, -0.1) is 0 Å². The molecule has 0 rings (SSSR count). The Balaban J connectivity index is -0.000000131. The minimum atomic E-state index is -1.08. The number of carboxylic acid groups (broad SMARTS) is 6. The quantitative estimate of drug-likeness (QED) is 0.0936. The lowest BCUT2D eigenvalue weighted by molar-refractivity contribution is -0.142. The van der Waals surface area contributed by atoms with Gasteiger partial charge in [0.1, 0.15) is 17.6 Å². The second-order valence-electron chi connectivity index (χ2n) is 8.53. The van der Waals surface area contributed by atoms with Crippen molar-refractivity contribution >= 4 is 35.8 Å². The Morgan fingerprint density at radius 3 is 1.30 bits per heavy atom. The topological polar surface area (TPSA) is 366 Å². The van der Waals surface area contributed by atoms with Gasteiger partial charge < -0.3 is 64.6 Å². The van der Waals surface area contributed by atoms with Crippen molar-refractivity contribution in [3.63, 3.8) is 0 Å². The summed E-state index contributed by atoms with van der Waals surface area (Å²) in [5.41, 5.74) is 24.2. The number of hydrogen-bond donors (Lipinski definition) is 12. The fraction of sp³-hybridized carbons (Fsp3) is 0.727. The van der Waals surface area contributed by atoms with Crippen LogP contribution in [0.4, 0.5) is 0 Å². The van der Waals surface area contributed by atoms with Gasteiger partial charge in [0.05, 0.1) is 12.5 Å². The van der Waals surface area contributed by atoms with Crippen LogP contribution in [0.15, 0.2) is 0 Å². The molecule has 0 aliphatic heterocycles. The van der Waals surface area contributed by atoms with Crippen molar-refractivity contribution in [3.8, 4) is 0 Å². The van der Waals surface area contributed by atoms with Gasteiger partial charge in [0.25, 0.3) is 0 Å². The standard InChI is InChI=1S/C7H13NO4.C4H10N2O2.2C4H9NO2.C3H7NO2/c8-5(7(11)12)3-1-2-4-6(9)10;5-2-1-3(6)4(7)8;1-4(2,5)3(6)7;1-3(2-5)4(6)7;1-4-2-3(5)6/h5H,1-4,8H2,(H,9,10)(H,11,12);3H,1-2,5-6H2,(H,7,8);5H2,1-2H3,(H,6,7);3H,2,5H2,1H3,(H,6,7);4H,2H2,1H3,(H,5,6). The minimum absolute atomic E-state index is 0.0417. The number of nitrogens with two attached hydrogens (primary N) is 5. The summed E-state index contributed by atoms with van der Waals surface area (Å²) in [7, 11) is 1.59. The molecule has 0 aromatic carbocycles. The van der Waals surface area contributed by atoms with Crippen LogP contribution in [0.1, 0.15) is 52.9 Å². The first-order chi connectivity index (χ1) is 18.1.